The molecule has 2 aromatic carbocycles. The van der Waals surface area contributed by atoms with Crippen molar-refractivity contribution >= 4 is 57.4 Å². The van der Waals surface area contributed by atoms with Gasteiger partial charge in [-0.1, -0.05) is 67.5 Å². The zero-order valence-corrected chi connectivity index (χ0v) is 21.0. The average molecular weight is 501 g/mol. The van der Waals surface area contributed by atoms with Crippen LogP contribution in [0.2, 0.25) is 5.02 Å². The van der Waals surface area contributed by atoms with Crippen LogP contribution in [0.4, 0.5) is 11.4 Å². The number of thiocarbonyl (C=S) groups is 1. The van der Waals surface area contributed by atoms with E-state index in [0.29, 0.717) is 15.7 Å². The Morgan fingerprint density at radius 1 is 0.970 bits per heavy atom. The molecule has 0 fully saturated rings. The molecule has 3 rings (SSSR count). The van der Waals surface area contributed by atoms with E-state index in [9.17, 15) is 4.79 Å². The minimum atomic E-state index is -0.143. The third kappa shape index (κ3) is 8.21. The molecule has 0 unspecified atom stereocenters. The van der Waals surface area contributed by atoms with Gasteiger partial charge < -0.3 is 21.3 Å². The number of thiophene rings is 1. The van der Waals surface area contributed by atoms with Gasteiger partial charge >= 0.3 is 0 Å². The molecular formula is C25H29ClN4OS2. The first-order valence-corrected chi connectivity index (χ1v) is 12.6. The van der Waals surface area contributed by atoms with Gasteiger partial charge in [-0.05, 0) is 48.9 Å². The molecule has 5 nitrogen and oxygen atoms in total. The highest BCUT2D eigenvalue weighted by atomic mass is 35.5. The van der Waals surface area contributed by atoms with Crippen LogP contribution in [-0.2, 0) is 4.79 Å². The predicted octanol–water partition coefficient (Wildman–Crippen LogP) is 5.77. The number of nitrogens with one attached hydrogen (secondary N) is 4. The predicted molar refractivity (Wildman–Crippen MR) is 146 cm³/mol. The summed E-state index contributed by atoms with van der Waals surface area (Å²) in [6.07, 6.45) is 2.33. The normalized spacial score (nSPS) is 10.7. The second-order valence-corrected chi connectivity index (χ2v) is 9.41. The van der Waals surface area contributed by atoms with E-state index in [1.165, 1.54) is 12.0 Å². The largest absolute Gasteiger partial charge is 0.345 e. The molecule has 3 aromatic rings. The van der Waals surface area contributed by atoms with Gasteiger partial charge in [-0.25, -0.2) is 0 Å². The minimum absolute atomic E-state index is 0.143. The second-order valence-electron chi connectivity index (χ2n) is 7.51. The van der Waals surface area contributed by atoms with Crippen molar-refractivity contribution < 1.29 is 4.79 Å². The Bertz CT molecular complexity index is 1060. The summed E-state index contributed by atoms with van der Waals surface area (Å²) < 4.78 is 0. The van der Waals surface area contributed by atoms with E-state index < -0.39 is 0 Å². The van der Waals surface area contributed by atoms with Gasteiger partial charge in [-0.3, -0.25) is 4.79 Å². The van der Waals surface area contributed by atoms with E-state index in [1.54, 1.807) is 23.5 Å². The third-order valence-electron chi connectivity index (χ3n) is 4.86. The van der Waals surface area contributed by atoms with Crippen LogP contribution in [0.15, 0.2) is 60.7 Å². The number of benzene rings is 2. The van der Waals surface area contributed by atoms with Crippen LogP contribution < -0.4 is 21.3 Å². The van der Waals surface area contributed by atoms with Crippen LogP contribution in [0.3, 0.4) is 0 Å². The lowest BCUT2D eigenvalue weighted by atomic mass is 10.2. The Labute approximate surface area is 209 Å². The molecule has 0 aliphatic carbocycles. The highest BCUT2D eigenvalue weighted by molar-refractivity contribution is 7.81. The first kappa shape index (κ1) is 25.3. The molecule has 0 bridgehead atoms. The van der Waals surface area contributed by atoms with E-state index in [4.69, 9.17) is 23.8 Å². The lowest BCUT2D eigenvalue weighted by molar-refractivity contribution is -0.115. The van der Waals surface area contributed by atoms with E-state index in [-0.39, 0.29) is 12.5 Å². The topological polar surface area (TPSA) is 65.2 Å². The molecule has 0 aliphatic rings. The number of carbonyl (C=O) groups is 1. The molecule has 33 heavy (non-hydrogen) atoms. The molecule has 174 valence electrons. The molecule has 4 N–H and O–H groups in total. The van der Waals surface area contributed by atoms with Gasteiger partial charge in [0.05, 0.1) is 22.1 Å². The molecule has 1 heterocycles. The number of rotatable bonds is 12. The van der Waals surface area contributed by atoms with Gasteiger partial charge in [0.15, 0.2) is 0 Å². The van der Waals surface area contributed by atoms with Crippen molar-refractivity contribution in [3.63, 3.8) is 0 Å². The Balaban J connectivity index is 1.52. The summed E-state index contributed by atoms with van der Waals surface area (Å²) >= 11 is 13.5. The van der Waals surface area contributed by atoms with Gasteiger partial charge in [0.25, 0.3) is 0 Å². The molecule has 1 aromatic heterocycles. The number of carbonyl (C=O) groups excluding carboxylic acids is 1. The summed E-state index contributed by atoms with van der Waals surface area (Å²) in [6, 6.07) is 19.7. The van der Waals surface area contributed by atoms with E-state index >= 15 is 0 Å². The van der Waals surface area contributed by atoms with Crippen LogP contribution in [-0.4, -0.2) is 37.1 Å². The molecule has 0 aliphatic heterocycles. The third-order valence-corrected chi connectivity index (χ3v) is 6.79. The monoisotopic (exact) mass is 500 g/mol. The Morgan fingerprint density at radius 2 is 1.76 bits per heavy atom. The van der Waals surface area contributed by atoms with Gasteiger partial charge in [0.1, 0.15) is 4.99 Å². The van der Waals surface area contributed by atoms with Gasteiger partial charge in [-0.2, -0.15) is 0 Å². The number of amides is 1. The fraction of sp³-hybridized carbons (Fsp3) is 0.280. The van der Waals surface area contributed by atoms with Crippen LogP contribution in [0.1, 0.15) is 24.6 Å². The van der Waals surface area contributed by atoms with Crippen LogP contribution in [0.25, 0.3) is 10.4 Å². The zero-order valence-electron chi connectivity index (χ0n) is 18.6. The molecule has 0 atom stereocenters. The highest BCUT2D eigenvalue weighted by Crippen LogP contribution is 2.30. The van der Waals surface area contributed by atoms with E-state index in [0.717, 1.165) is 41.5 Å². The summed E-state index contributed by atoms with van der Waals surface area (Å²) in [4.78, 5) is 15.1. The number of unbranched alkanes of at least 4 members (excludes halogenated alkanes) is 1. The highest BCUT2D eigenvalue weighted by Gasteiger charge is 2.10. The van der Waals surface area contributed by atoms with Crippen LogP contribution >= 0.6 is 35.2 Å². The first-order valence-electron chi connectivity index (χ1n) is 11.0. The molecule has 0 spiro atoms. The van der Waals surface area contributed by atoms with Crippen molar-refractivity contribution in [1.29, 1.82) is 0 Å². The molecule has 0 saturated heterocycles. The lowest BCUT2D eigenvalue weighted by Crippen LogP contribution is -2.33. The zero-order chi connectivity index (χ0) is 23.5. The van der Waals surface area contributed by atoms with Crippen molar-refractivity contribution in [2.45, 2.75) is 19.8 Å². The summed E-state index contributed by atoms with van der Waals surface area (Å²) in [7, 11) is 0. The quantitative estimate of drug-likeness (QED) is 0.188. The van der Waals surface area contributed by atoms with Crippen molar-refractivity contribution in [3.8, 4) is 10.4 Å². The number of halogens is 1. The van der Waals surface area contributed by atoms with Crippen LogP contribution in [0.5, 0.6) is 0 Å². The fourth-order valence-electron chi connectivity index (χ4n) is 3.11. The first-order chi connectivity index (χ1) is 16.1. The maximum absolute atomic E-state index is 12.3. The summed E-state index contributed by atoms with van der Waals surface area (Å²) in [5.74, 6) is -0.143. The minimum Gasteiger partial charge on any atom is -0.345 e. The maximum Gasteiger partial charge on any atom is 0.238 e. The number of hydrogen-bond donors (Lipinski definition) is 4. The molecule has 0 saturated carbocycles. The van der Waals surface area contributed by atoms with Crippen LogP contribution in [0, 0.1) is 0 Å². The number of hydrogen-bond acceptors (Lipinski definition) is 5. The average Bonchev–Trinajstić information content (AvgIpc) is 3.32. The van der Waals surface area contributed by atoms with E-state index in [1.807, 2.05) is 30.3 Å². The fourth-order valence-corrected chi connectivity index (χ4v) is 4.49. The van der Waals surface area contributed by atoms with Gasteiger partial charge in [0.2, 0.25) is 5.91 Å². The number of anilines is 2. The van der Waals surface area contributed by atoms with Gasteiger partial charge in [-0.15, -0.1) is 11.3 Å². The van der Waals surface area contributed by atoms with Crippen molar-refractivity contribution in [1.82, 2.24) is 10.6 Å². The van der Waals surface area contributed by atoms with E-state index in [2.05, 4.69) is 46.4 Å². The van der Waals surface area contributed by atoms with Crippen molar-refractivity contribution in [3.05, 3.63) is 70.6 Å². The molecule has 8 heteroatoms. The summed E-state index contributed by atoms with van der Waals surface area (Å²) in [5, 5.41) is 13.1. The lowest BCUT2D eigenvalue weighted by Gasteiger charge is -2.12. The SMILES string of the molecule is CCCCNCCNCC(=O)Nc1cc(NC(=S)c2ccc(-c3ccccc3)s2)ccc1Cl. The second kappa shape index (κ2) is 13.4. The molecule has 1 amide bonds. The Morgan fingerprint density at radius 3 is 2.55 bits per heavy atom. The Hall–Kier alpha value is -2.29. The maximum atomic E-state index is 12.3. The summed E-state index contributed by atoms with van der Waals surface area (Å²) in [5.41, 5.74) is 2.48. The molecule has 0 radical (unpaired) electrons. The standard InChI is InChI=1S/C25H29ClN4OS2/c1-2-3-13-27-14-15-28-17-24(31)30-21-16-19(9-10-20(21)26)29-25(32)23-12-11-22(33-23)18-7-5-4-6-8-18/h4-12,16,27-28H,2-3,13-15,17H2,1H3,(H,29,32)(H,30,31). The van der Waals surface area contributed by atoms with Crippen molar-refractivity contribution in [2.75, 3.05) is 36.8 Å². The Kier molecular flexibility index (Phi) is 10.3. The van der Waals surface area contributed by atoms with Gasteiger partial charge in [0, 0.05) is 23.7 Å². The summed E-state index contributed by atoms with van der Waals surface area (Å²) in [6.45, 7) is 4.95. The smallest absolute Gasteiger partial charge is 0.238 e. The van der Waals surface area contributed by atoms with Crippen molar-refractivity contribution in [2.24, 2.45) is 0 Å². The molecular weight excluding hydrogens is 472 g/mol.